The zero-order valence-corrected chi connectivity index (χ0v) is 13.5. The Morgan fingerprint density at radius 2 is 2.00 bits per heavy atom. The second-order valence-corrected chi connectivity index (χ2v) is 5.18. The number of nitrogens with one attached hydrogen (secondary N) is 1. The molecule has 0 atom stereocenters. The van der Waals surface area contributed by atoms with Crippen LogP contribution in [0.15, 0.2) is 48.5 Å². The Labute approximate surface area is 142 Å². The van der Waals surface area contributed by atoms with Gasteiger partial charge in [0.2, 0.25) is 0 Å². The first-order valence-electron chi connectivity index (χ1n) is 7.63. The summed E-state index contributed by atoms with van der Waals surface area (Å²) in [6.45, 7) is 2.56. The van der Waals surface area contributed by atoms with Crippen molar-refractivity contribution in [1.29, 1.82) is 5.26 Å². The van der Waals surface area contributed by atoms with Crippen molar-refractivity contribution in [2.24, 2.45) is 0 Å². The summed E-state index contributed by atoms with van der Waals surface area (Å²) in [4.78, 5) is 11.6. The third kappa shape index (κ3) is 5.51. The van der Waals surface area contributed by atoms with Gasteiger partial charge in [-0.1, -0.05) is 42.2 Å². The second kappa shape index (κ2) is 9.02. The highest BCUT2D eigenvalue weighted by Crippen LogP contribution is 2.08. The topological polar surface area (TPSA) is 62.1 Å². The molecule has 0 aromatic heterocycles. The third-order valence-electron chi connectivity index (χ3n) is 3.31. The number of nitrogens with zero attached hydrogens (tertiary/aromatic N) is 1. The number of benzene rings is 2. The van der Waals surface area contributed by atoms with Gasteiger partial charge < -0.3 is 10.1 Å². The van der Waals surface area contributed by atoms with Gasteiger partial charge in [0.15, 0.2) is 0 Å². The zero-order valence-electron chi connectivity index (χ0n) is 13.5. The molecule has 0 saturated heterocycles. The van der Waals surface area contributed by atoms with Crippen molar-refractivity contribution >= 4 is 6.09 Å². The predicted octanol–water partition coefficient (Wildman–Crippen LogP) is 3.53. The number of ether oxygens (including phenoxy) is 1. The molecule has 4 heteroatoms. The van der Waals surface area contributed by atoms with Crippen molar-refractivity contribution in [2.75, 3.05) is 6.54 Å². The molecule has 1 N–H and O–H groups in total. The van der Waals surface area contributed by atoms with Crippen molar-refractivity contribution < 1.29 is 9.53 Å². The molecule has 2 aromatic rings. The van der Waals surface area contributed by atoms with Crippen LogP contribution in [0.5, 0.6) is 0 Å². The van der Waals surface area contributed by atoms with E-state index in [0.29, 0.717) is 18.5 Å². The van der Waals surface area contributed by atoms with Gasteiger partial charge in [-0.05, 0) is 36.2 Å². The fourth-order valence-corrected chi connectivity index (χ4v) is 2.03. The molecule has 0 saturated carbocycles. The van der Waals surface area contributed by atoms with E-state index >= 15 is 0 Å². The maximum atomic E-state index is 11.6. The van der Waals surface area contributed by atoms with Crippen molar-refractivity contribution in [3.05, 3.63) is 70.8 Å². The lowest BCUT2D eigenvalue weighted by atomic mass is 10.1. The molecule has 120 valence electrons. The number of amides is 1. The summed E-state index contributed by atoms with van der Waals surface area (Å²) < 4.78 is 5.11. The van der Waals surface area contributed by atoms with E-state index in [2.05, 4.69) is 23.2 Å². The summed E-state index contributed by atoms with van der Waals surface area (Å²) in [5.41, 5.74) is 3.37. The summed E-state index contributed by atoms with van der Waals surface area (Å²) >= 11 is 0. The zero-order chi connectivity index (χ0) is 17.2. The molecule has 0 radical (unpaired) electrons. The molecule has 2 rings (SSSR count). The number of alkyl carbamates (subject to hydrolysis) is 1. The van der Waals surface area contributed by atoms with Gasteiger partial charge in [0.05, 0.1) is 11.6 Å². The van der Waals surface area contributed by atoms with E-state index in [1.54, 1.807) is 6.07 Å². The van der Waals surface area contributed by atoms with Gasteiger partial charge in [0, 0.05) is 18.5 Å². The molecule has 1 amide bonds. The van der Waals surface area contributed by atoms with Gasteiger partial charge in [-0.2, -0.15) is 5.26 Å². The van der Waals surface area contributed by atoms with E-state index in [1.165, 1.54) is 0 Å². The summed E-state index contributed by atoms with van der Waals surface area (Å²) in [7, 11) is 0. The molecule has 0 aliphatic rings. The van der Waals surface area contributed by atoms with Crippen molar-refractivity contribution in [2.45, 2.75) is 20.0 Å². The molecular formula is C20H18N2O2. The molecule has 0 aliphatic heterocycles. The summed E-state index contributed by atoms with van der Waals surface area (Å²) in [6, 6.07) is 17.1. The highest BCUT2D eigenvalue weighted by atomic mass is 16.5. The third-order valence-corrected chi connectivity index (χ3v) is 3.31. The Bertz CT molecular complexity index is 796. The first-order chi connectivity index (χ1) is 11.7. The predicted molar refractivity (Wildman–Crippen MR) is 92.0 cm³/mol. The molecule has 0 spiro atoms. The van der Waals surface area contributed by atoms with Crippen LogP contribution in [0.1, 0.15) is 28.7 Å². The lowest BCUT2D eigenvalue weighted by Crippen LogP contribution is -2.24. The summed E-state index contributed by atoms with van der Waals surface area (Å²) in [5, 5.41) is 11.5. The van der Waals surface area contributed by atoms with E-state index in [4.69, 9.17) is 10.00 Å². The van der Waals surface area contributed by atoms with Crippen LogP contribution < -0.4 is 5.32 Å². The standard InChI is InChI=1S/C20H18N2O2/c1-16-13-17(10-11-19(16)14-21)7-5-6-12-22-20(23)24-15-18-8-3-2-4-9-18/h2-4,8-11,13H,6,12,15H2,1H3,(H,22,23). The minimum atomic E-state index is -0.449. The minimum absolute atomic E-state index is 0.253. The van der Waals surface area contributed by atoms with Crippen LogP contribution in [-0.2, 0) is 11.3 Å². The molecule has 4 nitrogen and oxygen atoms in total. The van der Waals surface area contributed by atoms with Gasteiger partial charge >= 0.3 is 6.09 Å². The highest BCUT2D eigenvalue weighted by Gasteiger charge is 2.01. The molecule has 0 unspecified atom stereocenters. The van der Waals surface area contributed by atoms with Crippen LogP contribution in [0.25, 0.3) is 0 Å². The number of carbonyl (C=O) groups excluding carboxylic acids is 1. The highest BCUT2D eigenvalue weighted by molar-refractivity contribution is 5.67. The van der Waals surface area contributed by atoms with Gasteiger partial charge in [0.1, 0.15) is 6.61 Å². The SMILES string of the molecule is Cc1cc(C#CCCNC(=O)OCc2ccccc2)ccc1C#N. The Balaban J connectivity index is 1.70. The van der Waals surface area contributed by atoms with Crippen molar-refractivity contribution in [3.8, 4) is 17.9 Å². The first kappa shape index (κ1) is 17.1. The van der Waals surface area contributed by atoms with Crippen molar-refractivity contribution in [3.63, 3.8) is 0 Å². The molecule has 2 aromatic carbocycles. The van der Waals surface area contributed by atoms with Crippen LogP contribution in [0.4, 0.5) is 4.79 Å². The number of hydrogen-bond donors (Lipinski definition) is 1. The van der Waals surface area contributed by atoms with E-state index < -0.39 is 6.09 Å². The van der Waals surface area contributed by atoms with Crippen molar-refractivity contribution in [1.82, 2.24) is 5.32 Å². The normalized spacial score (nSPS) is 9.33. The molecule has 0 heterocycles. The van der Waals surface area contributed by atoms with Gasteiger partial charge in [-0.3, -0.25) is 0 Å². The summed E-state index contributed by atoms with van der Waals surface area (Å²) in [5.74, 6) is 6.01. The lowest BCUT2D eigenvalue weighted by molar-refractivity contribution is 0.140. The van der Waals surface area contributed by atoms with E-state index in [9.17, 15) is 4.79 Å². The van der Waals surface area contributed by atoms with Crippen LogP contribution in [0, 0.1) is 30.1 Å². The van der Waals surface area contributed by atoms with E-state index in [-0.39, 0.29) is 6.61 Å². The number of aryl methyl sites for hydroxylation is 1. The lowest BCUT2D eigenvalue weighted by Gasteiger charge is -2.05. The average molecular weight is 318 g/mol. The Kier molecular flexibility index (Phi) is 6.44. The van der Waals surface area contributed by atoms with Crippen LogP contribution >= 0.6 is 0 Å². The monoisotopic (exact) mass is 318 g/mol. The fourth-order valence-electron chi connectivity index (χ4n) is 2.03. The van der Waals surface area contributed by atoms with Crippen LogP contribution in [-0.4, -0.2) is 12.6 Å². The molecule has 0 bridgehead atoms. The summed E-state index contributed by atoms with van der Waals surface area (Å²) in [6.07, 6.45) is 0.0781. The maximum Gasteiger partial charge on any atom is 0.407 e. The molecule has 0 fully saturated rings. The van der Waals surface area contributed by atoms with Crippen LogP contribution in [0.3, 0.4) is 0 Å². The van der Waals surface area contributed by atoms with E-state index in [0.717, 1.165) is 16.7 Å². The van der Waals surface area contributed by atoms with Gasteiger partial charge in [-0.25, -0.2) is 4.79 Å². The number of hydrogen-bond acceptors (Lipinski definition) is 3. The second-order valence-electron chi connectivity index (χ2n) is 5.18. The quantitative estimate of drug-likeness (QED) is 0.693. The van der Waals surface area contributed by atoms with Crippen LogP contribution in [0.2, 0.25) is 0 Å². The Hall–Kier alpha value is -3.24. The van der Waals surface area contributed by atoms with E-state index in [1.807, 2.05) is 49.4 Å². The number of rotatable bonds is 4. The molecule has 24 heavy (non-hydrogen) atoms. The fraction of sp³-hybridized carbons (Fsp3) is 0.200. The largest absolute Gasteiger partial charge is 0.445 e. The minimum Gasteiger partial charge on any atom is -0.445 e. The molecule has 0 aliphatic carbocycles. The number of carbonyl (C=O) groups is 1. The van der Waals surface area contributed by atoms with Gasteiger partial charge in [0.25, 0.3) is 0 Å². The average Bonchev–Trinajstić information content (AvgIpc) is 2.61. The first-order valence-corrected chi connectivity index (χ1v) is 7.63. The molecular weight excluding hydrogens is 300 g/mol. The Morgan fingerprint density at radius 3 is 2.71 bits per heavy atom. The smallest absolute Gasteiger partial charge is 0.407 e. The Morgan fingerprint density at radius 1 is 1.21 bits per heavy atom. The maximum absolute atomic E-state index is 11.6. The van der Waals surface area contributed by atoms with Gasteiger partial charge in [-0.15, -0.1) is 0 Å². The number of nitriles is 1.